The molecule has 0 aliphatic rings. The summed E-state index contributed by atoms with van der Waals surface area (Å²) in [4.78, 5) is 24.5. The Kier molecular flexibility index (Phi) is 70.4. The van der Waals surface area contributed by atoms with Gasteiger partial charge in [-0.3, -0.25) is 9.59 Å². The van der Waals surface area contributed by atoms with Gasteiger partial charge in [0, 0.05) is 12.8 Å². The lowest BCUT2D eigenvalue weighted by Gasteiger charge is -2.22. The summed E-state index contributed by atoms with van der Waals surface area (Å²) in [6.45, 7) is 4.94. The minimum atomic E-state index is -0.658. The number of nitrogens with one attached hydrogen (secondary N) is 1. The number of carbonyl (C=O) groups is 2. The van der Waals surface area contributed by atoms with Crippen LogP contribution in [-0.2, 0) is 14.3 Å². The van der Waals surface area contributed by atoms with Crippen molar-refractivity contribution in [1.82, 2.24) is 5.32 Å². The van der Waals surface area contributed by atoms with E-state index in [1.807, 2.05) is 0 Å². The fourth-order valence-corrected chi connectivity index (χ4v) is 12.0. The summed E-state index contributed by atoms with van der Waals surface area (Å²) < 4.78 is 5.49. The number of hydrogen-bond acceptors (Lipinski definition) is 5. The van der Waals surface area contributed by atoms with Crippen LogP contribution in [0.1, 0.15) is 425 Å². The standard InChI is InChI=1S/C76H147NO5/c1-3-5-7-9-11-13-15-17-46-50-54-58-62-66-70-76(81)82-71-67-63-59-55-51-47-44-42-40-38-36-34-32-30-28-26-24-22-20-18-19-21-23-25-27-29-31-33-35-37-39-41-43-45-49-53-57-61-65-69-75(80)77-73(72-78)74(79)68-64-60-56-52-48-16-14-12-10-8-6-4-2/h9,11,15,17,73-74,78-79H,3-8,10,12-14,16,18-72H2,1-2H3,(H,77,80)/b11-9-,17-15-. The zero-order valence-electron chi connectivity index (χ0n) is 55.8. The molecule has 0 saturated heterocycles. The molecule has 0 aliphatic carbocycles. The second-order valence-corrected chi connectivity index (χ2v) is 26.0. The van der Waals surface area contributed by atoms with Gasteiger partial charge in [0.1, 0.15) is 0 Å². The number of rotatable bonds is 71. The van der Waals surface area contributed by atoms with Gasteiger partial charge >= 0.3 is 5.97 Å². The first-order valence-electron chi connectivity index (χ1n) is 37.6. The predicted octanol–water partition coefficient (Wildman–Crippen LogP) is 24.5. The average Bonchev–Trinajstić information content (AvgIpc) is 3.48. The largest absolute Gasteiger partial charge is 0.466 e. The van der Waals surface area contributed by atoms with Crippen LogP contribution < -0.4 is 5.32 Å². The molecule has 486 valence electrons. The Morgan fingerprint density at radius 1 is 0.341 bits per heavy atom. The van der Waals surface area contributed by atoms with Crippen molar-refractivity contribution in [3.8, 4) is 0 Å². The van der Waals surface area contributed by atoms with Gasteiger partial charge < -0.3 is 20.3 Å². The number of unbranched alkanes of at least 4 members (excludes halogenated alkanes) is 56. The van der Waals surface area contributed by atoms with E-state index in [0.29, 0.717) is 25.9 Å². The van der Waals surface area contributed by atoms with Crippen molar-refractivity contribution in [3.05, 3.63) is 24.3 Å². The van der Waals surface area contributed by atoms with Gasteiger partial charge in [0.05, 0.1) is 25.4 Å². The van der Waals surface area contributed by atoms with Gasteiger partial charge in [0.2, 0.25) is 5.91 Å². The minimum Gasteiger partial charge on any atom is -0.466 e. The number of amides is 1. The monoisotopic (exact) mass is 1150 g/mol. The molecule has 0 bridgehead atoms. The normalized spacial score (nSPS) is 12.6. The lowest BCUT2D eigenvalue weighted by atomic mass is 10.0. The van der Waals surface area contributed by atoms with E-state index in [2.05, 4.69) is 43.5 Å². The number of hydrogen-bond donors (Lipinski definition) is 3. The highest BCUT2D eigenvalue weighted by molar-refractivity contribution is 5.76. The third-order valence-corrected chi connectivity index (χ3v) is 17.8. The van der Waals surface area contributed by atoms with Gasteiger partial charge in [-0.15, -0.1) is 0 Å². The molecule has 0 rings (SSSR count). The van der Waals surface area contributed by atoms with E-state index >= 15 is 0 Å². The van der Waals surface area contributed by atoms with Gasteiger partial charge in [-0.2, -0.15) is 0 Å². The van der Waals surface area contributed by atoms with E-state index in [1.54, 1.807) is 0 Å². The van der Waals surface area contributed by atoms with Crippen molar-refractivity contribution < 1.29 is 24.5 Å². The lowest BCUT2D eigenvalue weighted by molar-refractivity contribution is -0.143. The summed E-state index contributed by atoms with van der Waals surface area (Å²) in [7, 11) is 0. The van der Waals surface area contributed by atoms with Crippen LogP contribution in [0.3, 0.4) is 0 Å². The maximum atomic E-state index is 12.5. The molecule has 2 unspecified atom stereocenters. The molecule has 0 aromatic heterocycles. The second kappa shape index (κ2) is 71.8. The first kappa shape index (κ1) is 80.3. The maximum Gasteiger partial charge on any atom is 0.305 e. The third-order valence-electron chi connectivity index (χ3n) is 17.8. The quantitative estimate of drug-likeness (QED) is 0.0320. The van der Waals surface area contributed by atoms with Crippen LogP contribution in [0.4, 0.5) is 0 Å². The number of aliphatic hydroxyl groups excluding tert-OH is 2. The van der Waals surface area contributed by atoms with Crippen LogP contribution in [0.25, 0.3) is 0 Å². The first-order valence-corrected chi connectivity index (χ1v) is 37.6. The number of ether oxygens (including phenoxy) is 1. The molecule has 6 nitrogen and oxygen atoms in total. The Hall–Kier alpha value is -1.66. The third kappa shape index (κ3) is 67.5. The highest BCUT2D eigenvalue weighted by Crippen LogP contribution is 2.20. The summed E-state index contributed by atoms with van der Waals surface area (Å²) in [5.41, 5.74) is 0. The molecule has 0 aromatic rings. The Labute approximate surface area is 513 Å². The molecule has 6 heteroatoms. The van der Waals surface area contributed by atoms with Crippen LogP contribution in [0.2, 0.25) is 0 Å². The fraction of sp³-hybridized carbons (Fsp3) is 0.921. The molecule has 2 atom stereocenters. The summed E-state index contributed by atoms with van der Waals surface area (Å²) >= 11 is 0. The van der Waals surface area contributed by atoms with Crippen LogP contribution in [0.15, 0.2) is 24.3 Å². The lowest BCUT2D eigenvalue weighted by Crippen LogP contribution is -2.45. The van der Waals surface area contributed by atoms with Crippen LogP contribution in [0, 0.1) is 0 Å². The molecule has 0 aromatic carbocycles. The molecule has 1 amide bonds. The molecule has 0 saturated carbocycles. The molecule has 3 N–H and O–H groups in total. The first-order chi connectivity index (χ1) is 40.5. The smallest absolute Gasteiger partial charge is 0.305 e. The van der Waals surface area contributed by atoms with Crippen LogP contribution >= 0.6 is 0 Å². The maximum absolute atomic E-state index is 12.5. The van der Waals surface area contributed by atoms with Crippen molar-refractivity contribution in [2.75, 3.05) is 13.2 Å². The number of esters is 1. The summed E-state index contributed by atoms with van der Waals surface area (Å²) in [5, 5.41) is 23.3. The topological polar surface area (TPSA) is 95.9 Å². The van der Waals surface area contributed by atoms with Crippen molar-refractivity contribution in [3.63, 3.8) is 0 Å². The zero-order chi connectivity index (χ0) is 59.2. The van der Waals surface area contributed by atoms with E-state index in [1.165, 1.54) is 340 Å². The Balaban J connectivity index is 3.27. The number of allylic oxidation sites excluding steroid dienone is 4. The Bertz CT molecular complexity index is 1280. The van der Waals surface area contributed by atoms with Crippen molar-refractivity contribution >= 4 is 11.9 Å². The van der Waals surface area contributed by atoms with Crippen molar-refractivity contribution in [2.45, 2.75) is 437 Å². The molecular weight excluding hydrogens is 1010 g/mol. The molecule has 82 heavy (non-hydrogen) atoms. The zero-order valence-corrected chi connectivity index (χ0v) is 55.8. The van der Waals surface area contributed by atoms with Gasteiger partial charge in [0.25, 0.3) is 0 Å². The van der Waals surface area contributed by atoms with E-state index < -0.39 is 12.1 Å². The number of aliphatic hydroxyl groups is 2. The van der Waals surface area contributed by atoms with Gasteiger partial charge in [-0.1, -0.05) is 385 Å². The molecule has 0 radical (unpaired) electrons. The second-order valence-electron chi connectivity index (χ2n) is 26.0. The highest BCUT2D eigenvalue weighted by atomic mass is 16.5. The predicted molar refractivity (Wildman–Crippen MR) is 361 cm³/mol. The minimum absolute atomic E-state index is 0.00987. The van der Waals surface area contributed by atoms with Gasteiger partial charge in [0.15, 0.2) is 0 Å². The van der Waals surface area contributed by atoms with Crippen LogP contribution in [-0.4, -0.2) is 47.4 Å². The average molecular weight is 1160 g/mol. The molecule has 0 spiro atoms. The molecule has 0 fully saturated rings. The van der Waals surface area contributed by atoms with E-state index in [0.717, 1.165) is 51.4 Å². The summed E-state index contributed by atoms with van der Waals surface area (Å²) in [6.07, 6.45) is 91.3. The van der Waals surface area contributed by atoms with Crippen molar-refractivity contribution in [2.24, 2.45) is 0 Å². The molecule has 0 heterocycles. The summed E-state index contributed by atoms with van der Waals surface area (Å²) in [6, 6.07) is -0.535. The summed E-state index contributed by atoms with van der Waals surface area (Å²) in [5.74, 6) is -0.0171. The van der Waals surface area contributed by atoms with Gasteiger partial charge in [-0.25, -0.2) is 0 Å². The van der Waals surface area contributed by atoms with E-state index in [4.69, 9.17) is 4.74 Å². The van der Waals surface area contributed by atoms with E-state index in [-0.39, 0.29) is 18.5 Å². The molecular formula is C76H147NO5. The van der Waals surface area contributed by atoms with Crippen LogP contribution in [0.5, 0.6) is 0 Å². The van der Waals surface area contributed by atoms with Gasteiger partial charge in [-0.05, 0) is 51.4 Å². The number of carbonyl (C=O) groups excluding carboxylic acids is 2. The SMILES string of the molecule is CCCC/C=C\C/C=C\CCCCCCCC(=O)OCCCCCCCCCCCCCCCCCCCCCCCCCCCCCCCCCCCCCCCCCC(=O)NC(CO)C(O)CCCCCCCCCCCCCC. The van der Waals surface area contributed by atoms with E-state index in [9.17, 15) is 19.8 Å². The highest BCUT2D eigenvalue weighted by Gasteiger charge is 2.20. The Morgan fingerprint density at radius 3 is 0.963 bits per heavy atom. The fourth-order valence-electron chi connectivity index (χ4n) is 12.0. The Morgan fingerprint density at radius 2 is 0.622 bits per heavy atom. The molecule has 0 aliphatic heterocycles. The van der Waals surface area contributed by atoms with Crippen molar-refractivity contribution in [1.29, 1.82) is 0 Å².